The molecule has 2 rings (SSSR count). The quantitative estimate of drug-likeness (QED) is 0.854. The van der Waals surface area contributed by atoms with Gasteiger partial charge in [0.2, 0.25) is 0 Å². The zero-order valence-electron chi connectivity index (χ0n) is 12.4. The van der Waals surface area contributed by atoms with E-state index in [0.29, 0.717) is 37.6 Å². The molecule has 0 aromatic rings. The van der Waals surface area contributed by atoms with Gasteiger partial charge in [0.15, 0.2) is 0 Å². The van der Waals surface area contributed by atoms with E-state index in [4.69, 9.17) is 0 Å². The molecule has 0 radical (unpaired) electrons. The maximum Gasteiger partial charge on any atom is 0.391 e. The molecule has 0 aromatic carbocycles. The van der Waals surface area contributed by atoms with Gasteiger partial charge in [-0.3, -0.25) is 0 Å². The second kappa shape index (κ2) is 7.12. The maximum absolute atomic E-state index is 12.7. The SMILES string of the molecule is CCN(CC1CCCNC1)C1CCC(C(F)(F)F)CC1. The Morgan fingerprint density at radius 2 is 1.80 bits per heavy atom. The summed E-state index contributed by atoms with van der Waals surface area (Å²) < 4.78 is 38.1. The highest BCUT2D eigenvalue weighted by molar-refractivity contribution is 4.84. The lowest BCUT2D eigenvalue weighted by atomic mass is 9.84. The van der Waals surface area contributed by atoms with Crippen LogP contribution in [0.4, 0.5) is 13.2 Å². The van der Waals surface area contributed by atoms with Gasteiger partial charge in [-0.05, 0) is 64.1 Å². The van der Waals surface area contributed by atoms with Crippen molar-refractivity contribution in [3.63, 3.8) is 0 Å². The molecule has 1 N–H and O–H groups in total. The number of halogens is 3. The monoisotopic (exact) mass is 292 g/mol. The van der Waals surface area contributed by atoms with E-state index in [0.717, 1.165) is 26.2 Å². The van der Waals surface area contributed by atoms with Crippen LogP contribution < -0.4 is 5.32 Å². The lowest BCUT2D eigenvalue weighted by Crippen LogP contribution is -2.45. The van der Waals surface area contributed by atoms with Gasteiger partial charge in [0.25, 0.3) is 0 Å². The first-order valence-electron chi connectivity index (χ1n) is 8.02. The van der Waals surface area contributed by atoms with Gasteiger partial charge >= 0.3 is 6.18 Å². The summed E-state index contributed by atoms with van der Waals surface area (Å²) in [4.78, 5) is 2.42. The van der Waals surface area contributed by atoms with Gasteiger partial charge < -0.3 is 10.2 Å². The summed E-state index contributed by atoms with van der Waals surface area (Å²) in [6, 6.07) is 0.362. The van der Waals surface area contributed by atoms with Gasteiger partial charge in [0.1, 0.15) is 0 Å². The van der Waals surface area contributed by atoms with Crippen molar-refractivity contribution in [2.45, 2.75) is 57.7 Å². The third kappa shape index (κ3) is 4.35. The molecule has 118 valence electrons. The number of hydrogen-bond donors (Lipinski definition) is 1. The molecular weight excluding hydrogens is 265 g/mol. The number of nitrogens with one attached hydrogen (secondary N) is 1. The number of piperidine rings is 1. The minimum absolute atomic E-state index is 0.313. The molecule has 0 amide bonds. The minimum atomic E-state index is -3.99. The average Bonchev–Trinajstić information content (AvgIpc) is 2.45. The Morgan fingerprint density at radius 3 is 2.30 bits per heavy atom. The topological polar surface area (TPSA) is 15.3 Å². The highest BCUT2D eigenvalue weighted by atomic mass is 19.4. The predicted molar refractivity (Wildman–Crippen MR) is 74.6 cm³/mol. The summed E-state index contributed by atoms with van der Waals surface area (Å²) in [6.45, 7) is 6.31. The van der Waals surface area contributed by atoms with Crippen LogP contribution in [0.25, 0.3) is 0 Å². The Morgan fingerprint density at radius 1 is 1.10 bits per heavy atom. The van der Waals surface area contributed by atoms with Crippen molar-refractivity contribution in [1.82, 2.24) is 10.2 Å². The van der Waals surface area contributed by atoms with Gasteiger partial charge in [-0.15, -0.1) is 0 Å². The Kier molecular flexibility index (Phi) is 5.73. The molecule has 1 atom stereocenters. The molecule has 5 heteroatoms. The molecule has 2 aliphatic rings. The lowest BCUT2D eigenvalue weighted by molar-refractivity contribution is -0.184. The van der Waals surface area contributed by atoms with Crippen molar-refractivity contribution in [3.05, 3.63) is 0 Å². The Balaban J connectivity index is 1.80. The van der Waals surface area contributed by atoms with E-state index in [9.17, 15) is 13.2 Å². The van der Waals surface area contributed by atoms with Crippen molar-refractivity contribution in [2.75, 3.05) is 26.2 Å². The van der Waals surface area contributed by atoms with Crippen LogP contribution in [0.5, 0.6) is 0 Å². The number of nitrogens with zero attached hydrogens (tertiary/aromatic N) is 1. The summed E-state index contributed by atoms with van der Waals surface area (Å²) in [6.07, 6.45) is 0.525. The van der Waals surface area contributed by atoms with Crippen LogP contribution in [0, 0.1) is 11.8 Å². The van der Waals surface area contributed by atoms with Crippen molar-refractivity contribution in [1.29, 1.82) is 0 Å². The van der Waals surface area contributed by atoms with Gasteiger partial charge in [0.05, 0.1) is 5.92 Å². The molecule has 1 saturated heterocycles. The highest BCUT2D eigenvalue weighted by Crippen LogP contribution is 2.38. The zero-order chi connectivity index (χ0) is 14.6. The third-order valence-corrected chi connectivity index (χ3v) is 4.97. The van der Waals surface area contributed by atoms with Crippen LogP contribution in [0.2, 0.25) is 0 Å². The van der Waals surface area contributed by atoms with Crippen LogP contribution in [-0.2, 0) is 0 Å². The van der Waals surface area contributed by atoms with E-state index in [-0.39, 0.29) is 0 Å². The summed E-state index contributed by atoms with van der Waals surface area (Å²) in [5.74, 6) is -0.391. The second-order valence-corrected chi connectivity index (χ2v) is 6.35. The van der Waals surface area contributed by atoms with Crippen LogP contribution in [-0.4, -0.2) is 43.3 Å². The number of hydrogen-bond acceptors (Lipinski definition) is 2. The molecule has 1 unspecified atom stereocenters. The molecule has 1 heterocycles. The molecule has 2 fully saturated rings. The van der Waals surface area contributed by atoms with Crippen LogP contribution in [0.15, 0.2) is 0 Å². The first kappa shape index (κ1) is 16.1. The fourth-order valence-electron chi connectivity index (χ4n) is 3.72. The van der Waals surface area contributed by atoms with E-state index in [1.165, 1.54) is 12.8 Å². The number of alkyl halides is 3. The van der Waals surface area contributed by atoms with Crippen LogP contribution >= 0.6 is 0 Å². The molecule has 0 aromatic heterocycles. The van der Waals surface area contributed by atoms with Gasteiger partial charge in [-0.1, -0.05) is 6.92 Å². The average molecular weight is 292 g/mol. The third-order valence-electron chi connectivity index (χ3n) is 4.97. The molecule has 2 nitrogen and oxygen atoms in total. The van der Waals surface area contributed by atoms with Crippen molar-refractivity contribution < 1.29 is 13.2 Å². The summed E-state index contributed by atoms with van der Waals surface area (Å²) in [5.41, 5.74) is 0. The summed E-state index contributed by atoms with van der Waals surface area (Å²) in [7, 11) is 0. The van der Waals surface area contributed by atoms with Gasteiger partial charge in [-0.25, -0.2) is 0 Å². The first-order chi connectivity index (χ1) is 9.50. The van der Waals surface area contributed by atoms with E-state index >= 15 is 0 Å². The lowest BCUT2D eigenvalue weighted by Gasteiger charge is -2.39. The molecule has 0 spiro atoms. The van der Waals surface area contributed by atoms with E-state index in [1.807, 2.05) is 0 Å². The van der Waals surface area contributed by atoms with Crippen molar-refractivity contribution in [3.8, 4) is 0 Å². The second-order valence-electron chi connectivity index (χ2n) is 6.35. The Bertz CT molecular complexity index is 279. The van der Waals surface area contributed by atoms with E-state index in [1.54, 1.807) is 0 Å². The Labute approximate surface area is 120 Å². The van der Waals surface area contributed by atoms with Crippen molar-refractivity contribution >= 4 is 0 Å². The molecule has 1 aliphatic heterocycles. The molecular formula is C15H27F3N2. The normalized spacial score (nSPS) is 32.5. The predicted octanol–water partition coefficient (Wildman–Crippen LogP) is 3.43. The van der Waals surface area contributed by atoms with Crippen molar-refractivity contribution in [2.24, 2.45) is 11.8 Å². The largest absolute Gasteiger partial charge is 0.391 e. The molecule has 1 saturated carbocycles. The van der Waals surface area contributed by atoms with Crippen LogP contribution in [0.3, 0.4) is 0 Å². The first-order valence-corrected chi connectivity index (χ1v) is 8.02. The molecule has 0 bridgehead atoms. The Hall–Kier alpha value is -0.290. The maximum atomic E-state index is 12.7. The van der Waals surface area contributed by atoms with Gasteiger partial charge in [0, 0.05) is 12.6 Å². The highest BCUT2D eigenvalue weighted by Gasteiger charge is 2.42. The fourth-order valence-corrected chi connectivity index (χ4v) is 3.72. The standard InChI is InChI=1S/C15H27F3N2/c1-2-20(11-12-4-3-9-19-10-12)14-7-5-13(6-8-14)15(16,17)18/h12-14,19H,2-11H2,1H3. The summed E-state index contributed by atoms with van der Waals surface area (Å²) >= 11 is 0. The van der Waals surface area contributed by atoms with Crippen LogP contribution in [0.1, 0.15) is 45.4 Å². The van der Waals surface area contributed by atoms with E-state index < -0.39 is 12.1 Å². The van der Waals surface area contributed by atoms with Gasteiger partial charge in [-0.2, -0.15) is 13.2 Å². The minimum Gasteiger partial charge on any atom is -0.316 e. The van der Waals surface area contributed by atoms with E-state index in [2.05, 4.69) is 17.1 Å². The summed E-state index contributed by atoms with van der Waals surface area (Å²) in [5, 5.41) is 3.42. The molecule has 20 heavy (non-hydrogen) atoms. The fraction of sp³-hybridized carbons (Fsp3) is 1.00. The number of rotatable bonds is 4. The smallest absolute Gasteiger partial charge is 0.316 e. The molecule has 1 aliphatic carbocycles. The zero-order valence-corrected chi connectivity index (χ0v) is 12.4.